The molecule has 2 aliphatic rings. The highest BCUT2D eigenvalue weighted by Gasteiger charge is 2.33. The molecule has 4 rings (SSSR count). The first-order chi connectivity index (χ1) is 11.8. The van der Waals surface area contributed by atoms with E-state index in [2.05, 4.69) is 10.1 Å². The monoisotopic (exact) mass is 327 g/mol. The van der Waals surface area contributed by atoms with E-state index < -0.39 is 0 Å². The number of hydrogen-bond acceptors (Lipinski definition) is 5. The fraction of sp³-hybridized carbons (Fsp3) is 0.500. The second-order valence-corrected chi connectivity index (χ2v) is 6.45. The highest BCUT2D eigenvalue weighted by Crippen LogP contribution is 2.29. The topological polar surface area (TPSA) is 68.5 Å². The molecule has 24 heavy (non-hydrogen) atoms. The van der Waals surface area contributed by atoms with Gasteiger partial charge in [-0.05, 0) is 25.0 Å². The standard InChI is InChI=1S/C18H21N3O3/c22-18(14-8-4-5-9-14)21-10-11-23-15(12-21)16-19-17(24-20-16)13-6-2-1-3-7-13/h1-3,6-7,14-15H,4-5,8-12H2/t15-/m0/s1. The van der Waals surface area contributed by atoms with Crippen LogP contribution in [0.15, 0.2) is 34.9 Å². The third-order valence-electron chi connectivity index (χ3n) is 4.83. The molecule has 2 heterocycles. The van der Waals surface area contributed by atoms with E-state index in [0.29, 0.717) is 31.4 Å². The third kappa shape index (κ3) is 3.06. The number of benzene rings is 1. The van der Waals surface area contributed by atoms with Gasteiger partial charge in [0.05, 0.1) is 13.2 Å². The number of rotatable bonds is 3. The summed E-state index contributed by atoms with van der Waals surface area (Å²) < 4.78 is 11.1. The first kappa shape index (κ1) is 15.3. The van der Waals surface area contributed by atoms with Gasteiger partial charge in [-0.1, -0.05) is 36.2 Å². The Kier molecular flexibility index (Phi) is 4.30. The molecule has 1 aliphatic heterocycles. The Bertz CT molecular complexity index is 695. The van der Waals surface area contributed by atoms with Crippen molar-refractivity contribution in [1.29, 1.82) is 0 Å². The van der Waals surface area contributed by atoms with Crippen LogP contribution in [0.4, 0.5) is 0 Å². The Morgan fingerprint density at radius 3 is 2.75 bits per heavy atom. The van der Waals surface area contributed by atoms with Crippen LogP contribution < -0.4 is 0 Å². The molecule has 1 aromatic carbocycles. The third-order valence-corrected chi connectivity index (χ3v) is 4.83. The molecule has 2 fully saturated rings. The molecule has 1 atom stereocenters. The Morgan fingerprint density at radius 2 is 1.96 bits per heavy atom. The molecule has 6 nitrogen and oxygen atoms in total. The van der Waals surface area contributed by atoms with Crippen LogP contribution in [-0.2, 0) is 9.53 Å². The van der Waals surface area contributed by atoms with Crippen LogP contribution in [0, 0.1) is 5.92 Å². The summed E-state index contributed by atoms with van der Waals surface area (Å²) in [5.41, 5.74) is 0.881. The van der Waals surface area contributed by atoms with E-state index in [1.807, 2.05) is 35.2 Å². The van der Waals surface area contributed by atoms with Gasteiger partial charge in [-0.2, -0.15) is 4.98 Å². The van der Waals surface area contributed by atoms with E-state index >= 15 is 0 Å². The predicted octanol–water partition coefficient (Wildman–Crippen LogP) is 2.83. The van der Waals surface area contributed by atoms with E-state index in [-0.39, 0.29) is 17.9 Å². The van der Waals surface area contributed by atoms with Crippen LogP contribution >= 0.6 is 0 Å². The molecule has 1 aromatic heterocycles. The summed E-state index contributed by atoms with van der Waals surface area (Å²) in [7, 11) is 0. The minimum absolute atomic E-state index is 0.189. The molecular formula is C18H21N3O3. The zero-order valence-electron chi connectivity index (χ0n) is 13.6. The van der Waals surface area contributed by atoms with Crippen LogP contribution in [-0.4, -0.2) is 40.6 Å². The molecular weight excluding hydrogens is 306 g/mol. The summed E-state index contributed by atoms with van der Waals surface area (Å²) in [6.07, 6.45) is 4.04. The van der Waals surface area contributed by atoms with Crippen LogP contribution in [0.2, 0.25) is 0 Å². The summed E-state index contributed by atoms with van der Waals surface area (Å²) in [4.78, 5) is 19.0. The van der Waals surface area contributed by atoms with Gasteiger partial charge in [0.1, 0.15) is 6.10 Å². The lowest BCUT2D eigenvalue weighted by Gasteiger charge is -2.33. The largest absolute Gasteiger partial charge is 0.366 e. The maximum absolute atomic E-state index is 12.6. The molecule has 6 heteroatoms. The fourth-order valence-corrected chi connectivity index (χ4v) is 3.50. The van der Waals surface area contributed by atoms with Crippen LogP contribution in [0.25, 0.3) is 11.5 Å². The van der Waals surface area contributed by atoms with Crippen molar-refractivity contribution in [2.45, 2.75) is 31.8 Å². The molecule has 0 spiro atoms. The molecule has 1 amide bonds. The number of hydrogen-bond donors (Lipinski definition) is 0. The average Bonchev–Trinajstić information content (AvgIpc) is 3.34. The van der Waals surface area contributed by atoms with Crippen molar-refractivity contribution in [3.63, 3.8) is 0 Å². The highest BCUT2D eigenvalue weighted by atomic mass is 16.5. The van der Waals surface area contributed by atoms with E-state index in [0.717, 1.165) is 31.2 Å². The van der Waals surface area contributed by atoms with Gasteiger partial charge in [0, 0.05) is 18.0 Å². The molecule has 1 saturated carbocycles. The smallest absolute Gasteiger partial charge is 0.258 e. The van der Waals surface area contributed by atoms with Crippen molar-refractivity contribution in [3.8, 4) is 11.5 Å². The number of ether oxygens (including phenoxy) is 1. The minimum Gasteiger partial charge on any atom is -0.366 e. The summed E-state index contributed by atoms with van der Waals surface area (Å²) in [5.74, 6) is 1.44. The van der Waals surface area contributed by atoms with Crippen LogP contribution in [0.5, 0.6) is 0 Å². The molecule has 0 bridgehead atoms. The van der Waals surface area contributed by atoms with Gasteiger partial charge in [0.25, 0.3) is 5.89 Å². The lowest BCUT2D eigenvalue weighted by atomic mass is 10.1. The second-order valence-electron chi connectivity index (χ2n) is 6.45. The molecule has 1 saturated heterocycles. The Morgan fingerprint density at radius 1 is 1.17 bits per heavy atom. The summed E-state index contributed by atoms with van der Waals surface area (Å²) in [6.45, 7) is 1.66. The van der Waals surface area contributed by atoms with Crippen molar-refractivity contribution in [2.24, 2.45) is 5.92 Å². The summed E-state index contributed by atoms with van der Waals surface area (Å²) in [5, 5.41) is 4.06. The molecule has 0 radical (unpaired) electrons. The number of morpholine rings is 1. The predicted molar refractivity (Wildman–Crippen MR) is 87.0 cm³/mol. The van der Waals surface area contributed by atoms with Gasteiger partial charge in [-0.15, -0.1) is 0 Å². The maximum Gasteiger partial charge on any atom is 0.258 e. The maximum atomic E-state index is 12.6. The quantitative estimate of drug-likeness (QED) is 0.867. The lowest BCUT2D eigenvalue weighted by Crippen LogP contribution is -2.44. The van der Waals surface area contributed by atoms with E-state index in [1.54, 1.807) is 0 Å². The number of aromatic nitrogens is 2. The van der Waals surface area contributed by atoms with Crippen molar-refractivity contribution < 1.29 is 14.1 Å². The molecule has 2 aromatic rings. The van der Waals surface area contributed by atoms with E-state index in [4.69, 9.17) is 9.26 Å². The van der Waals surface area contributed by atoms with Gasteiger partial charge in [0.2, 0.25) is 11.7 Å². The van der Waals surface area contributed by atoms with Crippen molar-refractivity contribution in [1.82, 2.24) is 15.0 Å². The first-order valence-electron chi connectivity index (χ1n) is 8.60. The Hall–Kier alpha value is -2.21. The number of carbonyl (C=O) groups excluding carboxylic acids is 1. The van der Waals surface area contributed by atoms with Gasteiger partial charge >= 0.3 is 0 Å². The van der Waals surface area contributed by atoms with Gasteiger partial charge in [0.15, 0.2) is 0 Å². The number of amides is 1. The average molecular weight is 327 g/mol. The second kappa shape index (κ2) is 6.73. The summed E-state index contributed by atoms with van der Waals surface area (Å²) >= 11 is 0. The summed E-state index contributed by atoms with van der Waals surface area (Å²) in [6, 6.07) is 9.65. The number of nitrogens with zero attached hydrogens (tertiary/aromatic N) is 3. The SMILES string of the molecule is O=C(C1CCCC1)N1CCO[C@H](c2noc(-c3ccccc3)n2)C1. The molecule has 0 unspecified atom stereocenters. The van der Waals surface area contributed by atoms with E-state index in [1.165, 1.54) is 0 Å². The molecule has 1 aliphatic carbocycles. The van der Waals surface area contributed by atoms with Gasteiger partial charge < -0.3 is 14.2 Å². The minimum atomic E-state index is -0.315. The first-order valence-corrected chi connectivity index (χ1v) is 8.60. The van der Waals surface area contributed by atoms with E-state index in [9.17, 15) is 4.79 Å². The Balaban J connectivity index is 1.46. The van der Waals surface area contributed by atoms with Crippen LogP contribution in [0.1, 0.15) is 37.6 Å². The van der Waals surface area contributed by atoms with Crippen LogP contribution in [0.3, 0.4) is 0 Å². The lowest BCUT2D eigenvalue weighted by molar-refractivity contribution is -0.143. The van der Waals surface area contributed by atoms with Crippen molar-refractivity contribution >= 4 is 5.91 Å². The zero-order chi connectivity index (χ0) is 16.4. The van der Waals surface area contributed by atoms with Gasteiger partial charge in [-0.3, -0.25) is 4.79 Å². The van der Waals surface area contributed by atoms with Crippen molar-refractivity contribution in [2.75, 3.05) is 19.7 Å². The molecule has 126 valence electrons. The fourth-order valence-electron chi connectivity index (χ4n) is 3.50. The Labute approximate surface area is 140 Å². The van der Waals surface area contributed by atoms with Crippen molar-refractivity contribution in [3.05, 3.63) is 36.2 Å². The normalized spacial score (nSPS) is 22.0. The highest BCUT2D eigenvalue weighted by molar-refractivity contribution is 5.79. The zero-order valence-corrected chi connectivity index (χ0v) is 13.6. The number of carbonyl (C=O) groups is 1. The molecule has 0 N–H and O–H groups in total. The van der Waals surface area contributed by atoms with Gasteiger partial charge in [-0.25, -0.2) is 0 Å².